The summed E-state index contributed by atoms with van der Waals surface area (Å²) in [6, 6.07) is 9.07. The SMILES string of the molecule is CNC(=O)CN1[C@@H]2CC[C@H]1CC(Nc1nc(Nc3cc(C)[nH]n3)cc3ncccc13)C2. The van der Waals surface area contributed by atoms with Crippen LogP contribution in [-0.2, 0) is 4.79 Å². The van der Waals surface area contributed by atoms with E-state index in [1.807, 2.05) is 25.1 Å². The van der Waals surface area contributed by atoms with Crippen molar-refractivity contribution in [1.29, 1.82) is 0 Å². The summed E-state index contributed by atoms with van der Waals surface area (Å²) in [6.07, 6.45) is 6.11. The number of carbonyl (C=O) groups excluding carboxylic acids is 1. The molecule has 9 nitrogen and oxygen atoms in total. The first kappa shape index (κ1) is 19.7. The van der Waals surface area contributed by atoms with E-state index in [1.54, 1.807) is 13.2 Å². The number of carbonyl (C=O) groups is 1. The van der Waals surface area contributed by atoms with E-state index in [4.69, 9.17) is 4.98 Å². The maximum absolute atomic E-state index is 11.9. The minimum absolute atomic E-state index is 0.0921. The van der Waals surface area contributed by atoms with Crippen LogP contribution in [0.25, 0.3) is 10.9 Å². The number of hydrogen-bond donors (Lipinski definition) is 4. The lowest BCUT2D eigenvalue weighted by Crippen LogP contribution is -2.50. The van der Waals surface area contributed by atoms with Crippen molar-refractivity contribution in [3.63, 3.8) is 0 Å². The molecule has 31 heavy (non-hydrogen) atoms. The van der Waals surface area contributed by atoms with Crippen molar-refractivity contribution in [1.82, 2.24) is 30.4 Å². The maximum Gasteiger partial charge on any atom is 0.233 e. The lowest BCUT2D eigenvalue weighted by molar-refractivity contribution is -0.122. The molecular weight excluding hydrogens is 392 g/mol. The molecule has 4 N–H and O–H groups in total. The molecule has 0 radical (unpaired) electrons. The predicted octanol–water partition coefficient (Wildman–Crippen LogP) is 2.56. The molecule has 1 amide bonds. The molecular formula is C22H28N8O. The molecule has 1 unspecified atom stereocenters. The van der Waals surface area contributed by atoms with Gasteiger partial charge in [-0.2, -0.15) is 5.10 Å². The molecule has 5 heterocycles. The Labute approximate surface area is 181 Å². The number of likely N-dealkylation sites (N-methyl/N-ethyl adjacent to an activating group) is 1. The monoisotopic (exact) mass is 420 g/mol. The molecule has 5 rings (SSSR count). The van der Waals surface area contributed by atoms with Gasteiger partial charge in [-0.05, 0) is 44.7 Å². The van der Waals surface area contributed by atoms with Gasteiger partial charge in [-0.3, -0.25) is 19.8 Å². The van der Waals surface area contributed by atoms with Crippen LogP contribution in [0.15, 0.2) is 30.5 Å². The molecule has 3 aromatic rings. The first-order valence-corrected chi connectivity index (χ1v) is 10.9. The standard InChI is InChI=1S/C22H28N8O/c1-13-8-20(29-28-13)26-19-11-18-17(4-3-7-24-18)22(27-19)25-14-9-15-5-6-16(10-14)30(15)12-21(31)23-2/h3-4,7-8,11,14-16H,5-6,9-10,12H2,1-2H3,(H,23,31)(H3,25,26,27,28,29)/t14?,15-,16+. The van der Waals surface area contributed by atoms with E-state index in [9.17, 15) is 4.79 Å². The average molecular weight is 421 g/mol. The molecule has 2 aliphatic heterocycles. The maximum atomic E-state index is 11.9. The summed E-state index contributed by atoms with van der Waals surface area (Å²) in [5.41, 5.74) is 1.87. The van der Waals surface area contributed by atoms with Crippen LogP contribution in [0.1, 0.15) is 31.4 Å². The van der Waals surface area contributed by atoms with Crippen molar-refractivity contribution in [2.45, 2.75) is 50.7 Å². The summed E-state index contributed by atoms with van der Waals surface area (Å²) < 4.78 is 0. The van der Waals surface area contributed by atoms with Crippen LogP contribution in [0.4, 0.5) is 17.5 Å². The largest absolute Gasteiger partial charge is 0.367 e. The van der Waals surface area contributed by atoms with E-state index in [0.29, 0.717) is 30.5 Å². The third-order valence-corrected chi connectivity index (χ3v) is 6.39. The van der Waals surface area contributed by atoms with E-state index in [1.165, 1.54) is 0 Å². The van der Waals surface area contributed by atoms with Gasteiger partial charge in [-0.25, -0.2) is 4.98 Å². The molecule has 0 aromatic carbocycles. The van der Waals surface area contributed by atoms with Gasteiger partial charge in [-0.1, -0.05) is 0 Å². The lowest BCUT2D eigenvalue weighted by Gasteiger charge is -2.39. The van der Waals surface area contributed by atoms with E-state index in [2.05, 4.69) is 42.1 Å². The third kappa shape index (κ3) is 4.05. The molecule has 3 atom stereocenters. The quantitative estimate of drug-likeness (QED) is 0.485. The van der Waals surface area contributed by atoms with Crippen LogP contribution in [0.2, 0.25) is 0 Å². The Morgan fingerprint density at radius 2 is 2.03 bits per heavy atom. The minimum atomic E-state index is 0.0921. The van der Waals surface area contributed by atoms with E-state index in [0.717, 1.165) is 53.9 Å². The van der Waals surface area contributed by atoms with Crippen molar-refractivity contribution in [3.05, 3.63) is 36.2 Å². The second kappa shape index (κ2) is 8.14. The Morgan fingerprint density at radius 3 is 2.74 bits per heavy atom. The van der Waals surface area contributed by atoms with E-state index < -0.39 is 0 Å². The first-order valence-electron chi connectivity index (χ1n) is 10.9. The van der Waals surface area contributed by atoms with Crippen LogP contribution in [-0.4, -0.2) is 62.7 Å². The van der Waals surface area contributed by atoms with Crippen LogP contribution < -0.4 is 16.0 Å². The number of piperidine rings is 1. The number of aromatic nitrogens is 4. The smallest absolute Gasteiger partial charge is 0.233 e. The normalized spacial score (nSPS) is 23.1. The third-order valence-electron chi connectivity index (χ3n) is 6.39. The van der Waals surface area contributed by atoms with Crippen LogP contribution in [0.5, 0.6) is 0 Å². The van der Waals surface area contributed by atoms with Crippen molar-refractivity contribution in [2.75, 3.05) is 24.2 Å². The number of H-pyrrole nitrogens is 1. The van der Waals surface area contributed by atoms with Gasteiger partial charge in [0.05, 0.1) is 12.1 Å². The van der Waals surface area contributed by atoms with E-state index in [-0.39, 0.29) is 5.91 Å². The minimum Gasteiger partial charge on any atom is -0.367 e. The van der Waals surface area contributed by atoms with Gasteiger partial charge in [0.1, 0.15) is 11.6 Å². The molecule has 0 aliphatic carbocycles. The number of aryl methyl sites for hydroxylation is 1. The van der Waals surface area contributed by atoms with Gasteiger partial charge < -0.3 is 16.0 Å². The zero-order chi connectivity index (χ0) is 21.4. The number of anilines is 3. The second-order valence-corrected chi connectivity index (χ2v) is 8.53. The van der Waals surface area contributed by atoms with Gasteiger partial charge >= 0.3 is 0 Å². The van der Waals surface area contributed by atoms with Crippen LogP contribution in [0, 0.1) is 6.92 Å². The Balaban J connectivity index is 1.37. The molecule has 3 aromatic heterocycles. The first-order chi connectivity index (χ1) is 15.1. The van der Waals surface area contributed by atoms with Crippen LogP contribution in [0.3, 0.4) is 0 Å². The molecule has 9 heteroatoms. The summed E-state index contributed by atoms with van der Waals surface area (Å²) >= 11 is 0. The van der Waals surface area contributed by atoms with Crippen molar-refractivity contribution in [2.24, 2.45) is 0 Å². The summed E-state index contributed by atoms with van der Waals surface area (Å²) in [5, 5.41) is 17.9. The molecule has 2 saturated heterocycles. The van der Waals surface area contributed by atoms with Crippen molar-refractivity contribution < 1.29 is 4.79 Å². The Morgan fingerprint density at radius 1 is 1.23 bits per heavy atom. The number of hydrogen-bond acceptors (Lipinski definition) is 7. The fraction of sp³-hybridized carbons (Fsp3) is 0.455. The Hall–Kier alpha value is -3.20. The second-order valence-electron chi connectivity index (χ2n) is 8.53. The fourth-order valence-electron chi connectivity index (χ4n) is 4.95. The summed E-state index contributed by atoms with van der Waals surface area (Å²) in [4.78, 5) is 23.7. The Bertz CT molecular complexity index is 1080. The highest BCUT2D eigenvalue weighted by Gasteiger charge is 2.41. The summed E-state index contributed by atoms with van der Waals surface area (Å²) in [7, 11) is 1.70. The van der Waals surface area contributed by atoms with Crippen molar-refractivity contribution >= 4 is 34.3 Å². The molecule has 2 aliphatic rings. The zero-order valence-corrected chi connectivity index (χ0v) is 17.9. The highest BCUT2D eigenvalue weighted by atomic mass is 16.1. The lowest BCUT2D eigenvalue weighted by atomic mass is 9.97. The molecule has 2 bridgehead atoms. The number of amides is 1. The number of aromatic amines is 1. The molecule has 2 fully saturated rings. The zero-order valence-electron chi connectivity index (χ0n) is 17.9. The van der Waals surface area contributed by atoms with Gasteiger partial charge in [0.15, 0.2) is 5.82 Å². The number of nitrogens with zero attached hydrogens (tertiary/aromatic N) is 4. The number of rotatable bonds is 6. The molecule has 162 valence electrons. The predicted molar refractivity (Wildman–Crippen MR) is 120 cm³/mol. The summed E-state index contributed by atoms with van der Waals surface area (Å²) in [6.45, 7) is 2.46. The number of pyridine rings is 2. The number of fused-ring (bicyclic) bond motifs is 3. The van der Waals surface area contributed by atoms with Gasteiger partial charge in [0.25, 0.3) is 0 Å². The average Bonchev–Trinajstić information content (AvgIpc) is 3.26. The topological polar surface area (TPSA) is 111 Å². The Kier molecular flexibility index (Phi) is 5.19. The van der Waals surface area contributed by atoms with Gasteiger partial charge in [-0.15, -0.1) is 0 Å². The van der Waals surface area contributed by atoms with E-state index >= 15 is 0 Å². The van der Waals surface area contributed by atoms with Crippen LogP contribution >= 0.6 is 0 Å². The fourth-order valence-corrected chi connectivity index (χ4v) is 4.95. The number of nitrogens with one attached hydrogen (secondary N) is 4. The highest BCUT2D eigenvalue weighted by Crippen LogP contribution is 2.37. The van der Waals surface area contributed by atoms with Crippen molar-refractivity contribution in [3.8, 4) is 0 Å². The molecule has 0 saturated carbocycles. The van der Waals surface area contributed by atoms with Gasteiger partial charge in [0.2, 0.25) is 5.91 Å². The summed E-state index contributed by atoms with van der Waals surface area (Å²) in [5.74, 6) is 2.37. The van der Waals surface area contributed by atoms with Gasteiger partial charge in [0, 0.05) is 54.6 Å². The molecule has 0 spiro atoms. The highest BCUT2D eigenvalue weighted by molar-refractivity contribution is 5.91.